The number of hydrogen-bond acceptors (Lipinski definition) is 5. The molecule has 1 aliphatic carbocycles. The molecule has 1 amide bonds. The van der Waals surface area contributed by atoms with Crippen molar-refractivity contribution in [1.82, 2.24) is 20.1 Å². The lowest BCUT2D eigenvalue weighted by molar-refractivity contribution is -0.137. The third-order valence-corrected chi connectivity index (χ3v) is 5.94. The molecule has 0 saturated carbocycles. The number of benzene rings is 3. The molecule has 0 radical (unpaired) electrons. The van der Waals surface area contributed by atoms with Crippen molar-refractivity contribution in [2.75, 3.05) is 5.32 Å². The first kappa shape index (κ1) is 23.4. The number of fused-ring (bicyclic) bond motifs is 1. The van der Waals surface area contributed by atoms with Gasteiger partial charge in [0.2, 0.25) is 5.95 Å². The second kappa shape index (κ2) is 9.00. The van der Waals surface area contributed by atoms with Crippen LogP contribution in [0.15, 0.2) is 77.6 Å². The molecular weight excluding hydrogens is 475 g/mol. The minimum Gasteiger partial charge on any atom is -0.390 e. The molecule has 0 saturated heterocycles. The number of aliphatic hydroxyl groups is 1. The van der Waals surface area contributed by atoms with E-state index >= 15 is 0 Å². The zero-order valence-corrected chi connectivity index (χ0v) is 18.6. The highest BCUT2D eigenvalue weighted by Gasteiger charge is 2.32. The van der Waals surface area contributed by atoms with Gasteiger partial charge in [-0.05, 0) is 53.6 Å². The summed E-state index contributed by atoms with van der Waals surface area (Å²) in [5.41, 5.74) is 1.07. The summed E-state index contributed by atoms with van der Waals surface area (Å²) in [6, 6.07) is 17.6. The van der Waals surface area contributed by atoms with Crippen molar-refractivity contribution in [3.05, 3.63) is 106 Å². The Hall–Kier alpha value is -4.38. The van der Waals surface area contributed by atoms with E-state index in [1.54, 1.807) is 24.3 Å². The fourth-order valence-corrected chi connectivity index (χ4v) is 4.18. The Morgan fingerprint density at radius 1 is 1.06 bits per heavy atom. The maximum absolute atomic E-state index is 13.0. The van der Waals surface area contributed by atoms with Crippen molar-refractivity contribution in [3.8, 4) is 5.69 Å². The van der Waals surface area contributed by atoms with Gasteiger partial charge >= 0.3 is 11.9 Å². The second-order valence-corrected chi connectivity index (χ2v) is 8.36. The van der Waals surface area contributed by atoms with Crippen molar-refractivity contribution in [1.29, 1.82) is 0 Å². The zero-order chi connectivity index (χ0) is 25.4. The van der Waals surface area contributed by atoms with Crippen molar-refractivity contribution < 1.29 is 23.1 Å². The molecule has 5 rings (SSSR count). The average molecular weight is 495 g/mol. The van der Waals surface area contributed by atoms with E-state index in [0.717, 1.165) is 27.9 Å². The molecule has 4 N–H and O–H groups in total. The number of aromatic nitrogens is 3. The molecule has 0 fully saturated rings. The number of aliphatic hydroxyl groups excluding tert-OH is 1. The molecule has 4 aromatic rings. The Labute approximate surface area is 202 Å². The topological polar surface area (TPSA) is 112 Å². The van der Waals surface area contributed by atoms with E-state index < -0.39 is 29.6 Å². The fourth-order valence-electron chi connectivity index (χ4n) is 4.18. The van der Waals surface area contributed by atoms with Gasteiger partial charge in [0, 0.05) is 17.7 Å². The smallest absolute Gasteiger partial charge is 0.390 e. The lowest BCUT2D eigenvalue weighted by Gasteiger charge is -2.18. The van der Waals surface area contributed by atoms with Gasteiger partial charge in [0.15, 0.2) is 0 Å². The van der Waals surface area contributed by atoms with Gasteiger partial charge in [-0.2, -0.15) is 17.9 Å². The van der Waals surface area contributed by atoms with Crippen LogP contribution in [0, 0.1) is 0 Å². The van der Waals surface area contributed by atoms with Crippen LogP contribution in [0.4, 0.5) is 24.8 Å². The number of rotatable bonds is 5. The molecule has 3 aromatic carbocycles. The summed E-state index contributed by atoms with van der Waals surface area (Å²) in [6.45, 7) is 0. The molecule has 0 spiro atoms. The van der Waals surface area contributed by atoms with E-state index in [1.165, 1.54) is 12.1 Å². The normalized spacial score (nSPS) is 17.0. The van der Waals surface area contributed by atoms with Gasteiger partial charge in [-0.25, -0.2) is 4.79 Å². The Morgan fingerprint density at radius 3 is 2.56 bits per heavy atom. The van der Waals surface area contributed by atoms with Gasteiger partial charge in [-0.1, -0.05) is 30.3 Å². The highest BCUT2D eigenvalue weighted by atomic mass is 19.4. The average Bonchev–Trinajstić information content (AvgIpc) is 3.37. The highest BCUT2D eigenvalue weighted by molar-refractivity contribution is 5.95. The molecule has 1 aromatic heterocycles. The summed E-state index contributed by atoms with van der Waals surface area (Å²) in [5, 5.41) is 20.1. The van der Waals surface area contributed by atoms with Gasteiger partial charge in [0.05, 0.1) is 23.4 Å². The second-order valence-electron chi connectivity index (χ2n) is 8.36. The number of nitrogens with one attached hydrogen (secondary N) is 3. The summed E-state index contributed by atoms with van der Waals surface area (Å²) in [4.78, 5) is 27.5. The predicted molar refractivity (Wildman–Crippen MR) is 125 cm³/mol. The lowest BCUT2D eigenvalue weighted by Crippen LogP contribution is -2.33. The summed E-state index contributed by atoms with van der Waals surface area (Å²) in [7, 11) is 0. The van der Waals surface area contributed by atoms with Crippen molar-refractivity contribution in [3.63, 3.8) is 0 Å². The monoisotopic (exact) mass is 495 g/mol. The van der Waals surface area contributed by atoms with Crippen LogP contribution in [0.2, 0.25) is 0 Å². The van der Waals surface area contributed by atoms with Crippen LogP contribution in [-0.2, 0) is 12.6 Å². The molecule has 2 atom stereocenters. The zero-order valence-electron chi connectivity index (χ0n) is 18.6. The Balaban J connectivity index is 1.28. The molecule has 0 bridgehead atoms. The predicted octanol–water partition coefficient (Wildman–Crippen LogP) is 3.71. The Kier molecular flexibility index (Phi) is 5.84. The van der Waals surface area contributed by atoms with Crippen LogP contribution in [0.25, 0.3) is 5.69 Å². The molecule has 8 nitrogen and oxygen atoms in total. The number of aromatic amines is 1. The SMILES string of the molecule is O=C(N[C@H]1c2ccccc2C[C@H]1O)c1ccc(Nc2nn(-c3cccc(C(F)(F)F)c3)c(=O)[nH]2)cc1. The number of amides is 1. The summed E-state index contributed by atoms with van der Waals surface area (Å²) in [5.74, 6) is -0.343. The third kappa shape index (κ3) is 4.60. The van der Waals surface area contributed by atoms with E-state index in [2.05, 4.69) is 20.7 Å². The standard InChI is InChI=1S/C25H20F3N5O3/c26-25(27,28)16-5-3-6-18(13-16)33-24(36)31-23(32-33)29-17-10-8-14(9-11-17)22(35)30-21-19-7-2-1-4-15(19)12-20(21)34/h1-11,13,20-21,34H,12H2,(H,30,35)(H2,29,31,32,36)/t20-,21+/m1/s1. The number of H-pyrrole nitrogens is 1. The van der Waals surface area contributed by atoms with Crippen molar-refractivity contribution in [2.45, 2.75) is 24.7 Å². The van der Waals surface area contributed by atoms with Gasteiger partial charge in [0.1, 0.15) is 0 Å². The molecule has 1 aliphatic rings. The lowest BCUT2D eigenvalue weighted by atomic mass is 10.1. The number of alkyl halides is 3. The number of halogens is 3. The first-order valence-corrected chi connectivity index (χ1v) is 11.0. The van der Waals surface area contributed by atoms with Crippen LogP contribution >= 0.6 is 0 Å². The molecule has 0 aliphatic heterocycles. The van der Waals surface area contributed by atoms with Crippen LogP contribution < -0.4 is 16.3 Å². The van der Waals surface area contributed by atoms with Crippen LogP contribution in [0.1, 0.15) is 33.1 Å². The number of carbonyl (C=O) groups is 1. The maximum Gasteiger partial charge on any atom is 0.416 e. The first-order valence-electron chi connectivity index (χ1n) is 11.0. The Bertz CT molecular complexity index is 1480. The summed E-state index contributed by atoms with van der Waals surface area (Å²) < 4.78 is 39.8. The van der Waals surface area contributed by atoms with E-state index in [1.807, 2.05) is 24.3 Å². The van der Waals surface area contributed by atoms with E-state index in [-0.39, 0.29) is 17.5 Å². The Morgan fingerprint density at radius 2 is 1.81 bits per heavy atom. The number of anilines is 2. The van der Waals surface area contributed by atoms with Gasteiger partial charge in [0.25, 0.3) is 5.91 Å². The van der Waals surface area contributed by atoms with Crippen LogP contribution in [-0.4, -0.2) is 31.9 Å². The van der Waals surface area contributed by atoms with E-state index in [9.17, 15) is 27.9 Å². The minimum atomic E-state index is -4.55. The van der Waals surface area contributed by atoms with E-state index in [4.69, 9.17) is 0 Å². The highest BCUT2D eigenvalue weighted by Crippen LogP contribution is 2.32. The molecule has 11 heteroatoms. The molecule has 0 unspecified atom stereocenters. The van der Waals surface area contributed by atoms with Gasteiger partial charge in [-0.15, -0.1) is 5.10 Å². The molecule has 36 heavy (non-hydrogen) atoms. The van der Waals surface area contributed by atoms with Crippen molar-refractivity contribution in [2.24, 2.45) is 0 Å². The molecule has 184 valence electrons. The van der Waals surface area contributed by atoms with Crippen molar-refractivity contribution >= 4 is 17.5 Å². The minimum absolute atomic E-state index is 0.0142. The number of nitrogens with zero attached hydrogens (tertiary/aromatic N) is 2. The summed E-state index contributed by atoms with van der Waals surface area (Å²) in [6.07, 6.45) is -4.80. The first-order chi connectivity index (χ1) is 17.2. The number of carbonyl (C=O) groups excluding carboxylic acids is 1. The van der Waals surface area contributed by atoms with Gasteiger partial charge in [-0.3, -0.25) is 9.78 Å². The molecule has 1 heterocycles. The van der Waals surface area contributed by atoms with Crippen LogP contribution in [0.5, 0.6) is 0 Å². The molecular formula is C25H20F3N5O3. The quantitative estimate of drug-likeness (QED) is 0.337. The number of hydrogen-bond donors (Lipinski definition) is 4. The van der Waals surface area contributed by atoms with E-state index in [0.29, 0.717) is 17.7 Å². The van der Waals surface area contributed by atoms with Gasteiger partial charge < -0.3 is 15.7 Å². The largest absolute Gasteiger partial charge is 0.416 e. The third-order valence-electron chi connectivity index (χ3n) is 5.94. The summed E-state index contributed by atoms with van der Waals surface area (Å²) >= 11 is 0. The fraction of sp³-hybridized carbons (Fsp3) is 0.160. The van der Waals surface area contributed by atoms with Crippen LogP contribution in [0.3, 0.4) is 0 Å². The maximum atomic E-state index is 13.0.